The van der Waals surface area contributed by atoms with Crippen molar-refractivity contribution >= 4 is 17.6 Å². The number of likely N-dealkylation sites (N-methyl/N-ethyl adjacent to an activating group) is 1. The monoisotopic (exact) mass is 282 g/mol. The Morgan fingerprint density at radius 2 is 1.85 bits per heavy atom. The second-order valence-electron chi connectivity index (χ2n) is 4.51. The molecular formula is C13H12F2N2O3. The Bertz CT molecular complexity index is 589. The summed E-state index contributed by atoms with van der Waals surface area (Å²) in [5.41, 5.74) is -0.0388. The molecule has 0 aliphatic carbocycles. The Balaban J connectivity index is 2.10. The topological polar surface area (TPSA) is 57.7 Å². The number of carbonyl (C=O) groups excluding carboxylic acids is 3. The van der Waals surface area contributed by atoms with Gasteiger partial charge in [-0.2, -0.15) is 0 Å². The summed E-state index contributed by atoms with van der Waals surface area (Å²) in [4.78, 5) is 37.4. The third-order valence-corrected chi connectivity index (χ3v) is 3.10. The fourth-order valence-electron chi connectivity index (χ4n) is 1.86. The van der Waals surface area contributed by atoms with Gasteiger partial charge >= 0.3 is 11.8 Å². The summed E-state index contributed by atoms with van der Waals surface area (Å²) in [6.45, 7) is 0.232. The van der Waals surface area contributed by atoms with Gasteiger partial charge < -0.3 is 9.80 Å². The second kappa shape index (κ2) is 5.36. The quantitative estimate of drug-likeness (QED) is 0.597. The third kappa shape index (κ3) is 2.66. The number of Topliss-reactive ketones (excluding diaryl/α,β-unsaturated/α-hetero) is 1. The van der Waals surface area contributed by atoms with Crippen molar-refractivity contribution in [2.45, 2.75) is 0 Å². The molecule has 1 aromatic carbocycles. The van der Waals surface area contributed by atoms with E-state index in [1.165, 1.54) is 11.9 Å². The van der Waals surface area contributed by atoms with Crippen LogP contribution >= 0.6 is 0 Å². The van der Waals surface area contributed by atoms with Crippen LogP contribution in [0.4, 0.5) is 8.78 Å². The third-order valence-electron chi connectivity index (χ3n) is 3.10. The zero-order valence-corrected chi connectivity index (χ0v) is 10.7. The number of hydrogen-bond donors (Lipinski definition) is 0. The molecule has 1 aliphatic rings. The lowest BCUT2D eigenvalue weighted by atomic mass is 10.1. The molecule has 1 aliphatic heterocycles. The first kappa shape index (κ1) is 14.1. The Morgan fingerprint density at radius 1 is 1.15 bits per heavy atom. The van der Waals surface area contributed by atoms with E-state index in [-0.39, 0.29) is 18.7 Å². The van der Waals surface area contributed by atoms with Gasteiger partial charge in [-0.15, -0.1) is 0 Å². The number of piperazine rings is 1. The maximum atomic E-state index is 13.0. The van der Waals surface area contributed by atoms with Gasteiger partial charge in [0.2, 0.25) is 0 Å². The molecule has 0 N–H and O–H groups in total. The molecule has 2 amide bonds. The zero-order chi connectivity index (χ0) is 14.9. The van der Waals surface area contributed by atoms with Gasteiger partial charge in [0.25, 0.3) is 0 Å². The summed E-state index contributed by atoms with van der Waals surface area (Å²) in [6, 6.07) is 2.77. The van der Waals surface area contributed by atoms with Gasteiger partial charge in [-0.05, 0) is 18.2 Å². The van der Waals surface area contributed by atoms with Crippen LogP contribution in [0.2, 0.25) is 0 Å². The highest BCUT2D eigenvalue weighted by Gasteiger charge is 2.31. The summed E-state index contributed by atoms with van der Waals surface area (Å²) in [6.07, 6.45) is 0. The summed E-state index contributed by atoms with van der Waals surface area (Å²) < 4.78 is 25.8. The van der Waals surface area contributed by atoms with Crippen molar-refractivity contribution in [3.8, 4) is 0 Å². The Kier molecular flexibility index (Phi) is 3.78. The number of nitrogens with zero attached hydrogens (tertiary/aromatic N) is 2. The van der Waals surface area contributed by atoms with Gasteiger partial charge in [0.1, 0.15) is 0 Å². The number of rotatable bonds is 3. The van der Waals surface area contributed by atoms with Gasteiger partial charge in [0.05, 0.1) is 6.54 Å². The molecule has 2 rings (SSSR count). The molecule has 0 unspecified atom stereocenters. The van der Waals surface area contributed by atoms with Crippen LogP contribution in [0, 0.1) is 11.6 Å². The fourth-order valence-corrected chi connectivity index (χ4v) is 1.86. The number of benzene rings is 1. The molecule has 20 heavy (non-hydrogen) atoms. The van der Waals surface area contributed by atoms with Crippen molar-refractivity contribution in [2.75, 3.05) is 26.7 Å². The van der Waals surface area contributed by atoms with Gasteiger partial charge in [0.15, 0.2) is 17.4 Å². The molecule has 106 valence electrons. The number of ketones is 1. The second-order valence-corrected chi connectivity index (χ2v) is 4.51. The van der Waals surface area contributed by atoms with Crippen molar-refractivity contribution in [3.63, 3.8) is 0 Å². The maximum Gasteiger partial charge on any atom is 0.312 e. The number of amides is 2. The summed E-state index contributed by atoms with van der Waals surface area (Å²) in [5, 5.41) is 0. The number of halogens is 2. The molecule has 0 radical (unpaired) electrons. The van der Waals surface area contributed by atoms with Crippen LogP contribution < -0.4 is 0 Å². The molecule has 0 spiro atoms. The highest BCUT2D eigenvalue weighted by molar-refractivity contribution is 6.35. The van der Waals surface area contributed by atoms with Crippen LogP contribution in [0.25, 0.3) is 0 Å². The maximum absolute atomic E-state index is 13.0. The summed E-state index contributed by atoms with van der Waals surface area (Å²) in [7, 11) is 1.49. The van der Waals surface area contributed by atoms with E-state index in [1.807, 2.05) is 0 Å². The van der Waals surface area contributed by atoms with Crippen LogP contribution in [0.1, 0.15) is 10.4 Å². The lowest BCUT2D eigenvalue weighted by molar-refractivity contribution is -0.154. The van der Waals surface area contributed by atoms with Crippen molar-refractivity contribution in [1.29, 1.82) is 0 Å². The lowest BCUT2D eigenvalue weighted by Gasteiger charge is -2.30. The lowest BCUT2D eigenvalue weighted by Crippen LogP contribution is -2.53. The van der Waals surface area contributed by atoms with E-state index in [4.69, 9.17) is 0 Å². The first-order chi connectivity index (χ1) is 9.40. The van der Waals surface area contributed by atoms with Crippen LogP contribution in [-0.2, 0) is 9.59 Å². The smallest absolute Gasteiger partial charge is 0.312 e. The highest BCUT2D eigenvalue weighted by Crippen LogP contribution is 2.11. The van der Waals surface area contributed by atoms with Gasteiger partial charge in [-0.25, -0.2) is 8.78 Å². The SMILES string of the molecule is CN1CCN(CC(=O)c2ccc(F)c(F)c2)C(=O)C1=O. The Hall–Kier alpha value is -2.31. The molecule has 1 saturated heterocycles. The average Bonchev–Trinajstić information content (AvgIpc) is 2.42. The standard InChI is InChI=1S/C13H12F2N2O3/c1-16-4-5-17(13(20)12(16)19)7-11(18)8-2-3-9(14)10(15)6-8/h2-3,6H,4-5,7H2,1H3. The minimum atomic E-state index is -1.13. The van der Waals surface area contributed by atoms with Crippen molar-refractivity contribution in [2.24, 2.45) is 0 Å². The minimum absolute atomic E-state index is 0.0388. The predicted molar refractivity (Wildman–Crippen MR) is 64.9 cm³/mol. The molecule has 5 nitrogen and oxygen atoms in total. The van der Waals surface area contributed by atoms with E-state index in [0.717, 1.165) is 23.1 Å². The first-order valence-electron chi connectivity index (χ1n) is 5.93. The van der Waals surface area contributed by atoms with Crippen molar-refractivity contribution in [1.82, 2.24) is 9.80 Å². The Morgan fingerprint density at radius 3 is 2.50 bits per heavy atom. The molecule has 1 heterocycles. The highest BCUT2D eigenvalue weighted by atomic mass is 19.2. The zero-order valence-electron chi connectivity index (χ0n) is 10.7. The average molecular weight is 282 g/mol. The van der Waals surface area contributed by atoms with E-state index < -0.39 is 29.2 Å². The molecule has 1 fully saturated rings. The molecule has 0 saturated carbocycles. The van der Waals surface area contributed by atoms with E-state index in [0.29, 0.717) is 6.54 Å². The van der Waals surface area contributed by atoms with Crippen molar-refractivity contribution in [3.05, 3.63) is 35.4 Å². The number of carbonyl (C=O) groups is 3. The van der Waals surface area contributed by atoms with Gasteiger partial charge in [-0.1, -0.05) is 0 Å². The molecular weight excluding hydrogens is 270 g/mol. The molecule has 0 atom stereocenters. The Labute approximate surface area is 113 Å². The van der Waals surface area contributed by atoms with Gasteiger partial charge in [0, 0.05) is 25.7 Å². The van der Waals surface area contributed by atoms with E-state index in [9.17, 15) is 23.2 Å². The van der Waals surface area contributed by atoms with E-state index in [2.05, 4.69) is 0 Å². The predicted octanol–water partition coefficient (Wildman–Crippen LogP) is 0.448. The van der Waals surface area contributed by atoms with Crippen molar-refractivity contribution < 1.29 is 23.2 Å². The minimum Gasteiger partial charge on any atom is -0.336 e. The van der Waals surface area contributed by atoms with E-state index >= 15 is 0 Å². The molecule has 1 aromatic rings. The first-order valence-corrected chi connectivity index (χ1v) is 5.93. The van der Waals surface area contributed by atoms with Gasteiger partial charge in [-0.3, -0.25) is 14.4 Å². The van der Waals surface area contributed by atoms with Crippen LogP contribution in [0.5, 0.6) is 0 Å². The normalized spacial score (nSPS) is 15.8. The largest absolute Gasteiger partial charge is 0.336 e. The fraction of sp³-hybridized carbons (Fsp3) is 0.308. The molecule has 0 aromatic heterocycles. The summed E-state index contributed by atoms with van der Waals surface area (Å²) in [5.74, 6) is -4.18. The summed E-state index contributed by atoms with van der Waals surface area (Å²) >= 11 is 0. The van der Waals surface area contributed by atoms with Crippen LogP contribution in [0.3, 0.4) is 0 Å². The van der Waals surface area contributed by atoms with E-state index in [1.54, 1.807) is 0 Å². The molecule has 7 heteroatoms. The van der Waals surface area contributed by atoms with Crippen LogP contribution in [-0.4, -0.2) is 54.1 Å². The van der Waals surface area contributed by atoms with Crippen LogP contribution in [0.15, 0.2) is 18.2 Å². The number of hydrogen-bond acceptors (Lipinski definition) is 3. The molecule has 0 bridgehead atoms.